The fourth-order valence-electron chi connectivity index (χ4n) is 2.38. The summed E-state index contributed by atoms with van der Waals surface area (Å²) in [6.07, 6.45) is 1.97. The highest BCUT2D eigenvalue weighted by atomic mass is 32.2. The van der Waals surface area contributed by atoms with Gasteiger partial charge < -0.3 is 19.2 Å². The van der Waals surface area contributed by atoms with E-state index >= 15 is 0 Å². The Morgan fingerprint density at radius 2 is 1.82 bits per heavy atom. The molecule has 1 amide bonds. The minimum absolute atomic E-state index is 0.144. The predicted octanol–water partition coefficient (Wildman–Crippen LogP) is 4.21. The molecule has 2 aromatic carbocycles. The van der Waals surface area contributed by atoms with Gasteiger partial charge in [-0.2, -0.15) is 0 Å². The smallest absolute Gasteiger partial charge is 0.277 e. The van der Waals surface area contributed by atoms with Crippen LogP contribution in [0.3, 0.4) is 0 Å². The summed E-state index contributed by atoms with van der Waals surface area (Å²) in [5.41, 5.74) is 1.46. The molecular formula is C19H19N3O4S2. The van der Waals surface area contributed by atoms with Gasteiger partial charge in [0.1, 0.15) is 11.5 Å². The van der Waals surface area contributed by atoms with Crippen molar-refractivity contribution in [2.45, 2.75) is 10.1 Å². The highest BCUT2D eigenvalue weighted by molar-refractivity contribution is 7.99. The van der Waals surface area contributed by atoms with E-state index in [1.807, 2.05) is 30.5 Å². The number of hydrogen-bond acceptors (Lipinski definition) is 8. The Kier molecular flexibility index (Phi) is 6.83. The summed E-state index contributed by atoms with van der Waals surface area (Å²) in [7, 11) is 3.14. The molecule has 7 nitrogen and oxygen atoms in total. The maximum atomic E-state index is 12.2. The molecule has 1 heterocycles. The Balaban J connectivity index is 1.64. The first-order valence-corrected chi connectivity index (χ1v) is 10.5. The first-order valence-electron chi connectivity index (χ1n) is 8.25. The van der Waals surface area contributed by atoms with Crippen molar-refractivity contribution in [3.8, 4) is 23.0 Å². The molecule has 9 heteroatoms. The SMILES string of the molecule is COc1cc(OC)cc(-c2nnc(SCC(=O)Nc3ccccc3SC)o2)c1. The molecule has 0 spiro atoms. The quantitative estimate of drug-likeness (QED) is 0.546. The van der Waals surface area contributed by atoms with Crippen molar-refractivity contribution in [1.29, 1.82) is 0 Å². The number of amides is 1. The second-order valence-corrected chi connectivity index (χ2v) is 7.29. The van der Waals surface area contributed by atoms with Gasteiger partial charge in [0.2, 0.25) is 11.8 Å². The van der Waals surface area contributed by atoms with Gasteiger partial charge in [-0.15, -0.1) is 22.0 Å². The Labute approximate surface area is 171 Å². The topological polar surface area (TPSA) is 86.5 Å². The maximum absolute atomic E-state index is 12.2. The van der Waals surface area contributed by atoms with Crippen LogP contribution >= 0.6 is 23.5 Å². The standard InChI is InChI=1S/C19H19N3O4S2/c1-24-13-8-12(9-14(10-13)25-2)18-21-22-19(26-18)28-11-17(23)20-15-6-4-5-7-16(15)27-3/h4-10H,11H2,1-3H3,(H,20,23). The lowest BCUT2D eigenvalue weighted by Gasteiger charge is -2.08. The van der Waals surface area contributed by atoms with Crippen LogP contribution < -0.4 is 14.8 Å². The fourth-order valence-corrected chi connectivity index (χ4v) is 3.49. The van der Waals surface area contributed by atoms with Crippen molar-refractivity contribution in [3.05, 3.63) is 42.5 Å². The van der Waals surface area contributed by atoms with Crippen LogP contribution in [-0.2, 0) is 4.79 Å². The van der Waals surface area contributed by atoms with Crippen molar-refractivity contribution in [2.75, 3.05) is 31.5 Å². The number of thioether (sulfide) groups is 2. The van der Waals surface area contributed by atoms with Crippen LogP contribution in [0, 0.1) is 0 Å². The van der Waals surface area contributed by atoms with Crippen molar-refractivity contribution in [1.82, 2.24) is 10.2 Å². The number of nitrogens with zero attached hydrogens (tertiary/aromatic N) is 2. The van der Waals surface area contributed by atoms with Gasteiger partial charge in [-0.3, -0.25) is 4.79 Å². The molecule has 0 unspecified atom stereocenters. The van der Waals surface area contributed by atoms with Crippen LogP contribution in [0.4, 0.5) is 5.69 Å². The number of aromatic nitrogens is 2. The van der Waals surface area contributed by atoms with E-state index in [1.54, 1.807) is 44.2 Å². The molecule has 0 aliphatic heterocycles. The molecule has 146 valence electrons. The van der Waals surface area contributed by atoms with E-state index in [9.17, 15) is 4.79 Å². The van der Waals surface area contributed by atoms with Crippen molar-refractivity contribution in [2.24, 2.45) is 0 Å². The summed E-state index contributed by atoms with van der Waals surface area (Å²) in [5.74, 6) is 1.58. The molecular weight excluding hydrogens is 398 g/mol. The summed E-state index contributed by atoms with van der Waals surface area (Å²) >= 11 is 2.75. The molecule has 28 heavy (non-hydrogen) atoms. The van der Waals surface area contributed by atoms with Gasteiger partial charge in [-0.1, -0.05) is 23.9 Å². The Bertz CT molecular complexity index is 940. The van der Waals surface area contributed by atoms with Crippen LogP contribution in [0.1, 0.15) is 0 Å². The van der Waals surface area contributed by atoms with E-state index < -0.39 is 0 Å². The third-order valence-corrected chi connectivity index (χ3v) is 5.33. The average Bonchev–Trinajstić information content (AvgIpc) is 3.21. The van der Waals surface area contributed by atoms with Gasteiger partial charge in [0.15, 0.2) is 0 Å². The number of hydrogen-bond donors (Lipinski definition) is 1. The number of carbonyl (C=O) groups excluding carboxylic acids is 1. The second kappa shape index (κ2) is 9.52. The predicted molar refractivity (Wildman–Crippen MR) is 110 cm³/mol. The molecule has 0 radical (unpaired) electrons. The molecule has 0 aliphatic carbocycles. The molecule has 3 rings (SSSR count). The average molecular weight is 418 g/mol. The van der Waals surface area contributed by atoms with E-state index in [0.717, 1.165) is 10.6 Å². The van der Waals surface area contributed by atoms with Crippen molar-refractivity contribution in [3.63, 3.8) is 0 Å². The lowest BCUT2D eigenvalue weighted by Crippen LogP contribution is -2.14. The van der Waals surface area contributed by atoms with E-state index in [4.69, 9.17) is 13.9 Å². The zero-order valence-electron chi connectivity index (χ0n) is 15.6. The van der Waals surface area contributed by atoms with E-state index in [2.05, 4.69) is 15.5 Å². The summed E-state index contributed by atoms with van der Waals surface area (Å²) < 4.78 is 16.2. The molecule has 0 aliphatic rings. The summed E-state index contributed by atoms with van der Waals surface area (Å²) in [5, 5.41) is 11.2. The summed E-state index contributed by atoms with van der Waals surface area (Å²) in [6.45, 7) is 0. The van der Waals surface area contributed by atoms with E-state index in [-0.39, 0.29) is 11.7 Å². The lowest BCUT2D eigenvalue weighted by molar-refractivity contribution is -0.113. The van der Waals surface area contributed by atoms with E-state index in [0.29, 0.717) is 28.2 Å². The number of nitrogens with one attached hydrogen (secondary N) is 1. The van der Waals surface area contributed by atoms with Gasteiger partial charge in [-0.05, 0) is 30.5 Å². The third kappa shape index (κ3) is 4.99. The zero-order chi connectivity index (χ0) is 19.9. The van der Waals surface area contributed by atoms with Gasteiger partial charge in [0.25, 0.3) is 5.22 Å². The van der Waals surface area contributed by atoms with Crippen molar-refractivity contribution < 1.29 is 18.7 Å². The second-order valence-electron chi connectivity index (χ2n) is 5.51. The highest BCUT2D eigenvalue weighted by Crippen LogP contribution is 2.30. The minimum atomic E-state index is -0.144. The molecule has 1 aromatic heterocycles. The summed E-state index contributed by atoms with van der Waals surface area (Å²) in [4.78, 5) is 13.2. The van der Waals surface area contributed by atoms with Gasteiger partial charge >= 0.3 is 0 Å². The first-order chi connectivity index (χ1) is 13.6. The molecule has 0 atom stereocenters. The van der Waals surface area contributed by atoms with Gasteiger partial charge in [0.05, 0.1) is 25.7 Å². The van der Waals surface area contributed by atoms with E-state index in [1.165, 1.54) is 11.8 Å². The molecule has 0 bridgehead atoms. The Morgan fingerprint density at radius 3 is 2.50 bits per heavy atom. The van der Waals surface area contributed by atoms with Crippen molar-refractivity contribution >= 4 is 35.1 Å². The highest BCUT2D eigenvalue weighted by Gasteiger charge is 2.14. The van der Waals surface area contributed by atoms with Crippen LogP contribution in [0.15, 0.2) is 57.0 Å². The summed E-state index contributed by atoms with van der Waals surface area (Å²) in [6, 6.07) is 13.0. The van der Waals surface area contributed by atoms with Crippen LogP contribution in [0.2, 0.25) is 0 Å². The number of ether oxygens (including phenoxy) is 2. The maximum Gasteiger partial charge on any atom is 0.277 e. The molecule has 0 fully saturated rings. The Morgan fingerprint density at radius 1 is 1.11 bits per heavy atom. The fraction of sp³-hybridized carbons (Fsp3) is 0.211. The van der Waals surface area contributed by atoms with Crippen LogP contribution in [-0.4, -0.2) is 42.3 Å². The lowest BCUT2D eigenvalue weighted by atomic mass is 10.2. The Hall–Kier alpha value is -2.65. The minimum Gasteiger partial charge on any atom is -0.497 e. The normalized spacial score (nSPS) is 10.5. The molecule has 1 N–H and O–H groups in total. The monoisotopic (exact) mass is 417 g/mol. The number of para-hydroxylation sites is 1. The number of methoxy groups -OCH3 is 2. The van der Waals surface area contributed by atoms with Gasteiger partial charge in [0, 0.05) is 16.5 Å². The number of rotatable bonds is 8. The molecule has 3 aromatic rings. The third-order valence-electron chi connectivity index (χ3n) is 3.71. The number of anilines is 1. The number of benzene rings is 2. The first kappa shape index (κ1) is 20.1. The number of carbonyl (C=O) groups is 1. The molecule has 0 saturated heterocycles. The van der Waals surface area contributed by atoms with Crippen LogP contribution in [0.25, 0.3) is 11.5 Å². The van der Waals surface area contributed by atoms with Crippen LogP contribution in [0.5, 0.6) is 11.5 Å². The largest absolute Gasteiger partial charge is 0.497 e. The zero-order valence-corrected chi connectivity index (χ0v) is 17.2. The van der Waals surface area contributed by atoms with Gasteiger partial charge in [-0.25, -0.2) is 0 Å². The molecule has 0 saturated carbocycles.